The van der Waals surface area contributed by atoms with Gasteiger partial charge in [-0.3, -0.25) is 4.79 Å². The average molecular weight is 308 g/mol. The quantitative estimate of drug-likeness (QED) is 0.758. The summed E-state index contributed by atoms with van der Waals surface area (Å²) in [6.45, 7) is 0.287. The van der Waals surface area contributed by atoms with E-state index in [2.05, 4.69) is 12.2 Å². The second-order valence-electron chi connectivity index (χ2n) is 5.88. The van der Waals surface area contributed by atoms with Crippen LogP contribution in [0.1, 0.15) is 37.7 Å². The highest BCUT2D eigenvalue weighted by molar-refractivity contribution is 6.31. The zero-order chi connectivity index (χ0) is 14.8. The van der Waals surface area contributed by atoms with E-state index in [0.29, 0.717) is 10.6 Å². The maximum absolute atomic E-state index is 14.0. The number of carbonyl (C=O) groups is 1. The van der Waals surface area contributed by atoms with Crippen LogP contribution in [0.5, 0.6) is 0 Å². The number of halogens is 2. The zero-order valence-electron chi connectivity index (χ0n) is 11.9. The van der Waals surface area contributed by atoms with Crippen LogP contribution in [0, 0.1) is 11.7 Å². The van der Waals surface area contributed by atoms with Gasteiger partial charge in [-0.1, -0.05) is 29.8 Å². The topological polar surface area (TPSA) is 20.3 Å². The Morgan fingerprint density at radius 2 is 2.10 bits per heavy atom. The van der Waals surface area contributed by atoms with Crippen molar-refractivity contribution >= 4 is 17.5 Å². The molecule has 2 nitrogen and oxygen atoms in total. The Morgan fingerprint density at radius 1 is 1.29 bits per heavy atom. The normalized spacial score (nSPS) is 21.3. The summed E-state index contributed by atoms with van der Waals surface area (Å²) in [4.78, 5) is 14.6. The molecule has 1 aromatic carbocycles. The third-order valence-corrected chi connectivity index (χ3v) is 4.63. The van der Waals surface area contributed by atoms with Crippen LogP contribution in [-0.4, -0.2) is 16.8 Å². The fraction of sp³-hybridized carbons (Fsp3) is 0.471. The predicted octanol–water partition coefficient (Wildman–Crippen LogP) is 4.33. The molecular formula is C17H19ClFNO. The average Bonchev–Trinajstić information content (AvgIpc) is 3.32. The second-order valence-corrected chi connectivity index (χ2v) is 6.29. The van der Waals surface area contributed by atoms with Crippen LogP contribution in [0.3, 0.4) is 0 Å². The van der Waals surface area contributed by atoms with Crippen LogP contribution in [0.15, 0.2) is 30.4 Å². The number of nitrogens with zero attached hydrogens (tertiary/aromatic N) is 1. The van der Waals surface area contributed by atoms with Crippen molar-refractivity contribution in [3.63, 3.8) is 0 Å². The van der Waals surface area contributed by atoms with Gasteiger partial charge in [0, 0.05) is 22.5 Å². The third-order valence-electron chi connectivity index (χ3n) is 4.28. The number of benzene rings is 1. The summed E-state index contributed by atoms with van der Waals surface area (Å²) >= 11 is 6.10. The highest BCUT2D eigenvalue weighted by atomic mass is 35.5. The summed E-state index contributed by atoms with van der Waals surface area (Å²) in [5.74, 6) is -0.133. The molecule has 1 saturated carbocycles. The SMILES string of the molecule is O=C(C1CC=CCC1)N(Cc1c(F)cccc1Cl)C1CC1. The van der Waals surface area contributed by atoms with Crippen LogP contribution in [0.25, 0.3) is 0 Å². The van der Waals surface area contributed by atoms with E-state index in [1.807, 2.05) is 4.90 Å². The van der Waals surface area contributed by atoms with Gasteiger partial charge in [0.25, 0.3) is 0 Å². The molecule has 0 spiro atoms. The van der Waals surface area contributed by atoms with Crippen molar-refractivity contribution in [3.8, 4) is 0 Å². The molecule has 0 radical (unpaired) electrons. The van der Waals surface area contributed by atoms with Crippen LogP contribution >= 0.6 is 11.6 Å². The Morgan fingerprint density at radius 3 is 2.71 bits per heavy atom. The van der Waals surface area contributed by atoms with Gasteiger partial charge >= 0.3 is 0 Å². The molecule has 21 heavy (non-hydrogen) atoms. The summed E-state index contributed by atoms with van der Waals surface area (Å²) in [6.07, 6.45) is 8.87. The fourth-order valence-electron chi connectivity index (χ4n) is 2.88. The second kappa shape index (κ2) is 6.18. The molecule has 1 fully saturated rings. The first-order valence-corrected chi connectivity index (χ1v) is 7.93. The molecule has 1 aromatic rings. The van der Waals surface area contributed by atoms with Crippen LogP contribution in [-0.2, 0) is 11.3 Å². The molecule has 0 saturated heterocycles. The molecule has 3 rings (SSSR count). The number of hydrogen-bond acceptors (Lipinski definition) is 1. The fourth-order valence-corrected chi connectivity index (χ4v) is 3.10. The number of hydrogen-bond donors (Lipinski definition) is 0. The Bertz CT molecular complexity index is 548. The van der Waals surface area contributed by atoms with E-state index in [-0.39, 0.29) is 30.2 Å². The third kappa shape index (κ3) is 3.29. The molecule has 0 aromatic heterocycles. The van der Waals surface area contributed by atoms with Gasteiger partial charge in [0.05, 0.1) is 6.54 Å². The number of rotatable bonds is 4. The molecular weight excluding hydrogens is 289 g/mol. The number of amides is 1. The van der Waals surface area contributed by atoms with Crippen molar-refractivity contribution in [2.45, 2.75) is 44.7 Å². The van der Waals surface area contributed by atoms with Crippen LogP contribution in [0.4, 0.5) is 4.39 Å². The smallest absolute Gasteiger partial charge is 0.226 e. The van der Waals surface area contributed by atoms with E-state index in [4.69, 9.17) is 11.6 Å². The molecule has 112 valence electrons. The first-order chi connectivity index (χ1) is 10.2. The van der Waals surface area contributed by atoms with Crippen LogP contribution in [0.2, 0.25) is 5.02 Å². The van der Waals surface area contributed by atoms with Crippen molar-refractivity contribution in [1.29, 1.82) is 0 Å². The van der Waals surface area contributed by atoms with Crippen LogP contribution < -0.4 is 0 Å². The Balaban J connectivity index is 1.79. The molecule has 2 aliphatic carbocycles. The standard InChI is InChI=1S/C17H19ClFNO/c18-15-7-4-8-16(19)14(15)11-20(13-9-10-13)17(21)12-5-2-1-3-6-12/h1-2,4,7-8,12-13H,3,5-6,9-11H2. The monoisotopic (exact) mass is 307 g/mol. The van der Waals surface area contributed by atoms with E-state index in [1.165, 1.54) is 6.07 Å². The van der Waals surface area contributed by atoms with E-state index in [0.717, 1.165) is 32.1 Å². The lowest BCUT2D eigenvalue weighted by Gasteiger charge is -2.28. The molecule has 1 unspecified atom stereocenters. The van der Waals surface area contributed by atoms with Gasteiger partial charge in [-0.25, -0.2) is 4.39 Å². The van der Waals surface area contributed by atoms with Gasteiger partial charge in [-0.05, 0) is 44.2 Å². The molecule has 2 aliphatic rings. The van der Waals surface area contributed by atoms with Gasteiger partial charge in [0.15, 0.2) is 0 Å². The Kier molecular flexibility index (Phi) is 4.29. The van der Waals surface area contributed by atoms with Crippen molar-refractivity contribution in [1.82, 2.24) is 4.90 Å². The molecule has 1 atom stereocenters. The van der Waals surface area contributed by atoms with Gasteiger partial charge < -0.3 is 4.90 Å². The van der Waals surface area contributed by atoms with E-state index in [9.17, 15) is 9.18 Å². The minimum Gasteiger partial charge on any atom is -0.335 e. The van der Waals surface area contributed by atoms with E-state index in [1.54, 1.807) is 12.1 Å². The number of carbonyl (C=O) groups excluding carboxylic acids is 1. The van der Waals surface area contributed by atoms with Gasteiger partial charge in [0.1, 0.15) is 5.82 Å². The van der Waals surface area contributed by atoms with Gasteiger partial charge in [-0.2, -0.15) is 0 Å². The Labute approximate surface area is 129 Å². The number of allylic oxidation sites excluding steroid dienone is 2. The first kappa shape index (κ1) is 14.6. The lowest BCUT2D eigenvalue weighted by atomic mass is 9.93. The summed E-state index contributed by atoms with van der Waals surface area (Å²) in [6, 6.07) is 4.94. The summed E-state index contributed by atoms with van der Waals surface area (Å²) in [7, 11) is 0. The maximum atomic E-state index is 14.0. The summed E-state index contributed by atoms with van der Waals surface area (Å²) in [5.41, 5.74) is 0.436. The Hall–Kier alpha value is -1.35. The molecule has 0 bridgehead atoms. The van der Waals surface area contributed by atoms with E-state index < -0.39 is 0 Å². The maximum Gasteiger partial charge on any atom is 0.226 e. The molecule has 1 amide bonds. The summed E-state index contributed by atoms with van der Waals surface area (Å²) < 4.78 is 14.0. The minimum absolute atomic E-state index is 0.0427. The van der Waals surface area contributed by atoms with Gasteiger partial charge in [0.2, 0.25) is 5.91 Å². The van der Waals surface area contributed by atoms with E-state index >= 15 is 0 Å². The molecule has 0 aliphatic heterocycles. The van der Waals surface area contributed by atoms with Gasteiger partial charge in [-0.15, -0.1) is 0 Å². The highest BCUT2D eigenvalue weighted by Gasteiger charge is 2.36. The summed E-state index contributed by atoms with van der Waals surface area (Å²) in [5, 5.41) is 0.400. The molecule has 0 heterocycles. The lowest BCUT2D eigenvalue weighted by Crippen LogP contribution is -2.38. The highest BCUT2D eigenvalue weighted by Crippen LogP contribution is 2.33. The van der Waals surface area contributed by atoms with Crippen molar-refractivity contribution < 1.29 is 9.18 Å². The van der Waals surface area contributed by atoms with Crippen molar-refractivity contribution in [3.05, 3.63) is 46.8 Å². The lowest BCUT2D eigenvalue weighted by molar-refractivity contribution is -0.137. The molecule has 4 heteroatoms. The first-order valence-electron chi connectivity index (χ1n) is 7.55. The largest absolute Gasteiger partial charge is 0.335 e. The zero-order valence-corrected chi connectivity index (χ0v) is 12.7. The molecule has 0 N–H and O–H groups in total. The van der Waals surface area contributed by atoms with Crippen molar-refractivity contribution in [2.24, 2.45) is 5.92 Å². The minimum atomic E-state index is -0.329. The predicted molar refractivity (Wildman–Crippen MR) is 81.5 cm³/mol. The van der Waals surface area contributed by atoms with Crippen molar-refractivity contribution in [2.75, 3.05) is 0 Å².